The first-order valence-electron chi connectivity index (χ1n) is 6.99. The monoisotopic (exact) mass is 234 g/mol. The maximum absolute atomic E-state index is 12.0. The molecule has 2 rings (SSSR count). The van der Waals surface area contributed by atoms with E-state index < -0.39 is 0 Å². The van der Waals surface area contributed by atoms with Crippen molar-refractivity contribution in [1.82, 2.24) is 0 Å². The van der Waals surface area contributed by atoms with Crippen molar-refractivity contribution < 1.29 is 4.79 Å². The number of ketones is 1. The Kier molecular flexibility index (Phi) is 3.00. The van der Waals surface area contributed by atoms with E-state index >= 15 is 0 Å². The third kappa shape index (κ3) is 1.88. The van der Waals surface area contributed by atoms with Gasteiger partial charge in [0.1, 0.15) is 5.78 Å². The summed E-state index contributed by atoms with van der Waals surface area (Å²) in [5.41, 5.74) is 1.86. The molecule has 2 aliphatic rings. The maximum atomic E-state index is 12.0. The quantitative estimate of drug-likeness (QED) is 0.616. The van der Waals surface area contributed by atoms with E-state index in [0.29, 0.717) is 23.0 Å². The van der Waals surface area contributed by atoms with E-state index in [2.05, 4.69) is 33.8 Å². The fourth-order valence-corrected chi connectivity index (χ4v) is 4.15. The highest BCUT2D eigenvalue weighted by Crippen LogP contribution is 2.55. The van der Waals surface area contributed by atoms with Crippen LogP contribution in [0.2, 0.25) is 0 Å². The lowest BCUT2D eigenvalue weighted by Gasteiger charge is -2.52. The number of allylic oxidation sites excluding steroid dienone is 2. The molecule has 17 heavy (non-hydrogen) atoms. The molecule has 3 atom stereocenters. The van der Waals surface area contributed by atoms with Gasteiger partial charge in [-0.3, -0.25) is 4.79 Å². The molecule has 1 nitrogen and oxygen atoms in total. The topological polar surface area (TPSA) is 17.1 Å². The normalized spacial score (nSPS) is 40.4. The van der Waals surface area contributed by atoms with Crippen molar-refractivity contribution in [2.45, 2.75) is 60.3 Å². The summed E-state index contributed by atoms with van der Waals surface area (Å²) in [6.45, 7) is 11.0. The molecule has 0 saturated heterocycles. The molecular formula is C16H26O. The first-order chi connectivity index (χ1) is 7.79. The van der Waals surface area contributed by atoms with E-state index in [1.165, 1.54) is 19.3 Å². The highest BCUT2D eigenvalue weighted by atomic mass is 16.1. The number of carbonyl (C=O) groups is 1. The van der Waals surface area contributed by atoms with Crippen molar-refractivity contribution >= 4 is 5.78 Å². The maximum Gasteiger partial charge on any atom is 0.136 e. The molecule has 1 saturated carbocycles. The van der Waals surface area contributed by atoms with E-state index in [4.69, 9.17) is 0 Å². The Morgan fingerprint density at radius 3 is 2.59 bits per heavy atom. The van der Waals surface area contributed by atoms with Crippen LogP contribution in [0, 0.1) is 22.7 Å². The molecular weight excluding hydrogens is 208 g/mol. The predicted molar refractivity (Wildman–Crippen MR) is 71.8 cm³/mol. The predicted octanol–water partition coefficient (Wildman–Crippen LogP) is 4.37. The van der Waals surface area contributed by atoms with E-state index in [1.807, 2.05) is 0 Å². The molecule has 96 valence electrons. The molecule has 0 aromatic rings. The van der Waals surface area contributed by atoms with Crippen LogP contribution in [0.15, 0.2) is 11.6 Å². The molecule has 0 amide bonds. The summed E-state index contributed by atoms with van der Waals surface area (Å²) in [7, 11) is 0. The van der Waals surface area contributed by atoms with Gasteiger partial charge in [0, 0.05) is 5.41 Å². The fourth-order valence-electron chi connectivity index (χ4n) is 4.15. The van der Waals surface area contributed by atoms with Gasteiger partial charge in [0.05, 0.1) is 0 Å². The Morgan fingerprint density at radius 1 is 1.35 bits per heavy atom. The van der Waals surface area contributed by atoms with E-state index in [-0.39, 0.29) is 5.41 Å². The molecule has 1 heteroatoms. The molecule has 1 fully saturated rings. The minimum Gasteiger partial charge on any atom is -0.299 e. The van der Waals surface area contributed by atoms with Gasteiger partial charge in [-0.15, -0.1) is 0 Å². The van der Waals surface area contributed by atoms with Gasteiger partial charge in [-0.1, -0.05) is 39.3 Å². The van der Waals surface area contributed by atoms with Gasteiger partial charge in [0.25, 0.3) is 0 Å². The van der Waals surface area contributed by atoms with Crippen molar-refractivity contribution in [1.29, 1.82) is 0 Å². The van der Waals surface area contributed by atoms with Gasteiger partial charge >= 0.3 is 0 Å². The standard InChI is InChI=1S/C16H26O/c1-11-14-13(7-6-9-15(14,3)4)8-10-16(11,5)12(2)17/h8,11,14H,6-7,9-10H2,1-5H3/t11-,14-,16+/m1/s1. The van der Waals surface area contributed by atoms with Gasteiger partial charge in [0.2, 0.25) is 0 Å². The van der Waals surface area contributed by atoms with Gasteiger partial charge in [0.15, 0.2) is 0 Å². The van der Waals surface area contributed by atoms with Crippen LogP contribution >= 0.6 is 0 Å². The Hall–Kier alpha value is -0.590. The van der Waals surface area contributed by atoms with Crippen LogP contribution in [0.5, 0.6) is 0 Å². The fraction of sp³-hybridized carbons (Fsp3) is 0.812. The van der Waals surface area contributed by atoms with E-state index in [9.17, 15) is 4.79 Å². The second-order valence-corrected chi connectivity index (χ2v) is 7.07. The first kappa shape index (κ1) is 12.9. The molecule has 0 unspecified atom stereocenters. The smallest absolute Gasteiger partial charge is 0.136 e. The van der Waals surface area contributed by atoms with Gasteiger partial charge < -0.3 is 0 Å². The third-order valence-electron chi connectivity index (χ3n) is 5.63. The average Bonchev–Trinajstić information content (AvgIpc) is 2.22. The molecule has 0 aliphatic heterocycles. The zero-order chi connectivity index (χ0) is 12.8. The minimum atomic E-state index is -0.136. The molecule has 0 spiro atoms. The molecule has 0 N–H and O–H groups in total. The SMILES string of the molecule is CC(=O)[C@@]1(C)CC=C2CCCC(C)(C)[C@@H]2[C@H]1C. The number of carbonyl (C=O) groups excluding carboxylic acids is 1. The van der Waals surface area contributed by atoms with Crippen LogP contribution in [-0.4, -0.2) is 5.78 Å². The van der Waals surface area contributed by atoms with Gasteiger partial charge in [-0.2, -0.15) is 0 Å². The zero-order valence-electron chi connectivity index (χ0n) is 12.0. The van der Waals surface area contributed by atoms with Crippen LogP contribution in [-0.2, 0) is 4.79 Å². The molecule has 0 aromatic heterocycles. The van der Waals surface area contributed by atoms with Crippen molar-refractivity contribution in [3.63, 3.8) is 0 Å². The highest BCUT2D eigenvalue weighted by Gasteiger charge is 2.49. The summed E-state index contributed by atoms with van der Waals surface area (Å²) >= 11 is 0. The van der Waals surface area contributed by atoms with Crippen LogP contribution in [0.1, 0.15) is 60.3 Å². The minimum absolute atomic E-state index is 0.136. The molecule has 0 radical (unpaired) electrons. The lowest BCUT2D eigenvalue weighted by molar-refractivity contribution is -0.131. The van der Waals surface area contributed by atoms with Gasteiger partial charge in [-0.05, 0) is 49.9 Å². The number of rotatable bonds is 1. The van der Waals surface area contributed by atoms with Crippen LogP contribution in [0.4, 0.5) is 0 Å². The second-order valence-electron chi connectivity index (χ2n) is 7.07. The Labute approximate surface area is 106 Å². The van der Waals surface area contributed by atoms with Crippen molar-refractivity contribution in [2.75, 3.05) is 0 Å². The first-order valence-corrected chi connectivity index (χ1v) is 6.99. The van der Waals surface area contributed by atoms with Gasteiger partial charge in [-0.25, -0.2) is 0 Å². The number of hydrogen-bond acceptors (Lipinski definition) is 1. The molecule has 0 aromatic carbocycles. The second kappa shape index (κ2) is 3.96. The number of fused-ring (bicyclic) bond motifs is 1. The third-order valence-corrected chi connectivity index (χ3v) is 5.63. The summed E-state index contributed by atoms with van der Waals surface area (Å²) in [5, 5.41) is 0. The van der Waals surface area contributed by atoms with Crippen molar-refractivity contribution in [2.24, 2.45) is 22.7 Å². The lowest BCUT2D eigenvalue weighted by atomic mass is 9.52. The number of Topliss-reactive ketones (excluding diaryl/α,β-unsaturated/α-hetero) is 1. The number of hydrogen-bond donors (Lipinski definition) is 0. The lowest BCUT2D eigenvalue weighted by Crippen LogP contribution is -2.46. The summed E-state index contributed by atoms with van der Waals surface area (Å²) in [4.78, 5) is 12.0. The zero-order valence-corrected chi connectivity index (χ0v) is 12.0. The Bertz CT molecular complexity index is 364. The summed E-state index contributed by atoms with van der Waals surface area (Å²) < 4.78 is 0. The molecule has 2 aliphatic carbocycles. The summed E-state index contributed by atoms with van der Waals surface area (Å²) in [6, 6.07) is 0. The highest BCUT2D eigenvalue weighted by molar-refractivity contribution is 5.82. The average molecular weight is 234 g/mol. The summed E-state index contributed by atoms with van der Waals surface area (Å²) in [6.07, 6.45) is 7.21. The summed E-state index contributed by atoms with van der Waals surface area (Å²) in [5.74, 6) is 1.45. The van der Waals surface area contributed by atoms with Crippen LogP contribution < -0.4 is 0 Å². The van der Waals surface area contributed by atoms with Crippen LogP contribution in [0.3, 0.4) is 0 Å². The van der Waals surface area contributed by atoms with Crippen LogP contribution in [0.25, 0.3) is 0 Å². The Balaban J connectivity index is 2.41. The molecule has 0 bridgehead atoms. The van der Waals surface area contributed by atoms with Crippen molar-refractivity contribution in [3.05, 3.63) is 11.6 Å². The molecule has 0 heterocycles. The van der Waals surface area contributed by atoms with E-state index in [1.54, 1.807) is 12.5 Å². The van der Waals surface area contributed by atoms with Crippen molar-refractivity contribution in [3.8, 4) is 0 Å². The van der Waals surface area contributed by atoms with E-state index in [0.717, 1.165) is 6.42 Å². The largest absolute Gasteiger partial charge is 0.299 e. The Morgan fingerprint density at radius 2 is 2.00 bits per heavy atom.